The number of hydrogen-bond donors (Lipinski definition) is 1. The molecule has 0 saturated carbocycles. The molecule has 1 unspecified atom stereocenters. The van der Waals surface area contributed by atoms with Gasteiger partial charge < -0.3 is 5.11 Å². The number of carboxylic acids is 1. The van der Waals surface area contributed by atoms with E-state index in [9.17, 15) is 4.79 Å². The van der Waals surface area contributed by atoms with Crippen molar-refractivity contribution in [3.05, 3.63) is 29.3 Å². The number of aryl methyl sites for hydroxylation is 1. The summed E-state index contributed by atoms with van der Waals surface area (Å²) < 4.78 is 0. The summed E-state index contributed by atoms with van der Waals surface area (Å²) in [4.78, 5) is 12.4. The highest BCUT2D eigenvalue weighted by Gasteiger charge is 2.17. The van der Waals surface area contributed by atoms with Crippen LogP contribution in [0.4, 0.5) is 0 Å². The average molecular weight is 250 g/mol. The van der Waals surface area contributed by atoms with Gasteiger partial charge in [-0.1, -0.05) is 19.1 Å². The third kappa shape index (κ3) is 3.03. The first-order valence-electron chi connectivity index (χ1n) is 6.18. The first-order valence-corrected chi connectivity index (χ1v) is 7.16. The molecule has 0 aromatic heterocycles. The highest BCUT2D eigenvalue weighted by molar-refractivity contribution is 7.99. The third-order valence-electron chi connectivity index (χ3n) is 3.30. The molecule has 2 rings (SSSR count). The molecule has 0 radical (unpaired) electrons. The van der Waals surface area contributed by atoms with Crippen LogP contribution in [0.1, 0.15) is 30.9 Å². The number of benzene rings is 1. The van der Waals surface area contributed by atoms with Gasteiger partial charge in [-0.15, -0.1) is 11.8 Å². The normalized spacial score (nSPS) is 16.3. The van der Waals surface area contributed by atoms with Gasteiger partial charge in [0.05, 0.1) is 5.92 Å². The molecule has 1 atom stereocenters. The number of hydrogen-bond acceptors (Lipinski definition) is 2. The molecule has 17 heavy (non-hydrogen) atoms. The van der Waals surface area contributed by atoms with E-state index in [1.54, 1.807) is 0 Å². The van der Waals surface area contributed by atoms with Crippen LogP contribution in [0.2, 0.25) is 0 Å². The quantitative estimate of drug-likeness (QED) is 0.890. The molecule has 0 amide bonds. The maximum absolute atomic E-state index is 11.0. The fourth-order valence-corrected chi connectivity index (χ4v) is 3.25. The summed E-state index contributed by atoms with van der Waals surface area (Å²) in [5, 5.41) is 9.07. The van der Waals surface area contributed by atoms with Gasteiger partial charge in [-0.05, 0) is 48.6 Å². The second-order valence-electron chi connectivity index (χ2n) is 4.54. The lowest BCUT2D eigenvalue weighted by atomic mass is 9.95. The SMILES string of the molecule is CCC(Cc1ccc2c(c1)CCCS2)C(=O)O. The van der Waals surface area contributed by atoms with Crippen molar-refractivity contribution in [1.82, 2.24) is 0 Å². The number of aliphatic carboxylic acids is 1. The van der Waals surface area contributed by atoms with Crippen molar-refractivity contribution in [3.8, 4) is 0 Å². The van der Waals surface area contributed by atoms with Crippen molar-refractivity contribution in [2.24, 2.45) is 5.92 Å². The van der Waals surface area contributed by atoms with Crippen molar-refractivity contribution in [2.75, 3.05) is 5.75 Å². The Hall–Kier alpha value is -0.960. The standard InChI is InChI=1S/C14H18O2S/c1-2-11(14(15)16)8-10-5-6-13-12(9-10)4-3-7-17-13/h5-6,9,11H,2-4,7-8H2,1H3,(H,15,16). The second kappa shape index (κ2) is 5.58. The molecule has 0 saturated heterocycles. The van der Waals surface area contributed by atoms with Crippen molar-refractivity contribution >= 4 is 17.7 Å². The fraction of sp³-hybridized carbons (Fsp3) is 0.500. The zero-order valence-electron chi connectivity index (χ0n) is 10.1. The number of carbonyl (C=O) groups is 1. The largest absolute Gasteiger partial charge is 0.481 e. The topological polar surface area (TPSA) is 37.3 Å². The lowest BCUT2D eigenvalue weighted by Gasteiger charge is -2.17. The summed E-state index contributed by atoms with van der Waals surface area (Å²) in [6.45, 7) is 1.94. The Bertz CT molecular complexity index is 415. The van der Waals surface area contributed by atoms with E-state index in [0.29, 0.717) is 12.8 Å². The molecule has 3 heteroatoms. The van der Waals surface area contributed by atoms with Crippen molar-refractivity contribution < 1.29 is 9.90 Å². The maximum Gasteiger partial charge on any atom is 0.306 e. The zero-order valence-corrected chi connectivity index (χ0v) is 10.9. The summed E-state index contributed by atoms with van der Waals surface area (Å²) >= 11 is 1.91. The van der Waals surface area contributed by atoms with Gasteiger partial charge in [-0.2, -0.15) is 0 Å². The minimum atomic E-state index is -0.681. The van der Waals surface area contributed by atoms with E-state index in [-0.39, 0.29) is 5.92 Å². The highest BCUT2D eigenvalue weighted by Crippen LogP contribution is 2.31. The predicted octanol–water partition coefficient (Wildman–Crippen LogP) is 3.38. The van der Waals surface area contributed by atoms with Crippen LogP contribution in [0.25, 0.3) is 0 Å². The first-order chi connectivity index (χ1) is 8.20. The molecular formula is C14H18O2S. The van der Waals surface area contributed by atoms with Crippen LogP contribution in [-0.4, -0.2) is 16.8 Å². The van der Waals surface area contributed by atoms with Gasteiger partial charge in [0.25, 0.3) is 0 Å². The number of carboxylic acid groups (broad SMARTS) is 1. The summed E-state index contributed by atoms with van der Waals surface area (Å²) in [6, 6.07) is 6.44. The van der Waals surface area contributed by atoms with Crippen LogP contribution < -0.4 is 0 Å². The molecule has 1 N–H and O–H groups in total. The summed E-state index contributed by atoms with van der Waals surface area (Å²) in [6.07, 6.45) is 3.72. The van der Waals surface area contributed by atoms with Crippen molar-refractivity contribution in [1.29, 1.82) is 0 Å². The number of thioether (sulfide) groups is 1. The minimum absolute atomic E-state index is 0.246. The molecule has 1 aliphatic heterocycles. The van der Waals surface area contributed by atoms with Crippen LogP contribution in [0.15, 0.2) is 23.1 Å². The van der Waals surface area contributed by atoms with Crippen LogP contribution in [0, 0.1) is 5.92 Å². The van der Waals surface area contributed by atoms with Crippen LogP contribution in [0.5, 0.6) is 0 Å². The maximum atomic E-state index is 11.0. The van der Waals surface area contributed by atoms with E-state index in [2.05, 4.69) is 18.2 Å². The summed E-state index contributed by atoms with van der Waals surface area (Å²) in [5.41, 5.74) is 2.57. The van der Waals surface area contributed by atoms with E-state index < -0.39 is 5.97 Å². The van der Waals surface area contributed by atoms with Gasteiger partial charge in [-0.3, -0.25) is 4.79 Å². The van der Waals surface area contributed by atoms with Crippen molar-refractivity contribution in [2.45, 2.75) is 37.5 Å². The molecule has 0 fully saturated rings. The van der Waals surface area contributed by atoms with Crippen molar-refractivity contribution in [3.63, 3.8) is 0 Å². The molecule has 2 nitrogen and oxygen atoms in total. The lowest BCUT2D eigenvalue weighted by molar-refractivity contribution is -0.141. The van der Waals surface area contributed by atoms with Crippen LogP contribution in [-0.2, 0) is 17.6 Å². The Morgan fingerprint density at radius 3 is 3.06 bits per heavy atom. The molecule has 0 aliphatic carbocycles. The smallest absolute Gasteiger partial charge is 0.306 e. The van der Waals surface area contributed by atoms with Gasteiger partial charge in [-0.25, -0.2) is 0 Å². The third-order valence-corrected chi connectivity index (χ3v) is 4.50. The van der Waals surface area contributed by atoms with E-state index in [0.717, 1.165) is 6.42 Å². The Labute approximate surface area is 106 Å². The Balaban J connectivity index is 2.14. The second-order valence-corrected chi connectivity index (χ2v) is 5.68. The molecule has 1 aliphatic rings. The van der Waals surface area contributed by atoms with Gasteiger partial charge in [0.1, 0.15) is 0 Å². The zero-order chi connectivity index (χ0) is 12.3. The Morgan fingerprint density at radius 2 is 2.35 bits per heavy atom. The number of fused-ring (bicyclic) bond motifs is 1. The van der Waals surface area contributed by atoms with Gasteiger partial charge >= 0.3 is 5.97 Å². The van der Waals surface area contributed by atoms with E-state index in [1.807, 2.05) is 18.7 Å². The molecule has 0 spiro atoms. The molecule has 1 heterocycles. The van der Waals surface area contributed by atoms with Gasteiger partial charge in [0, 0.05) is 4.90 Å². The minimum Gasteiger partial charge on any atom is -0.481 e. The van der Waals surface area contributed by atoms with Crippen LogP contribution >= 0.6 is 11.8 Å². The van der Waals surface area contributed by atoms with E-state index >= 15 is 0 Å². The van der Waals surface area contributed by atoms with Gasteiger partial charge in [0.2, 0.25) is 0 Å². The predicted molar refractivity (Wildman–Crippen MR) is 70.6 cm³/mol. The summed E-state index contributed by atoms with van der Waals surface area (Å²) in [7, 11) is 0. The molecular weight excluding hydrogens is 232 g/mol. The highest BCUT2D eigenvalue weighted by atomic mass is 32.2. The monoisotopic (exact) mass is 250 g/mol. The first kappa shape index (κ1) is 12.5. The lowest BCUT2D eigenvalue weighted by Crippen LogP contribution is -2.15. The summed E-state index contributed by atoms with van der Waals surface area (Å²) in [5.74, 6) is 0.280. The van der Waals surface area contributed by atoms with Gasteiger partial charge in [0.15, 0.2) is 0 Å². The average Bonchev–Trinajstić information content (AvgIpc) is 2.35. The molecule has 92 valence electrons. The molecule has 0 bridgehead atoms. The van der Waals surface area contributed by atoms with E-state index in [4.69, 9.17) is 5.11 Å². The number of rotatable bonds is 4. The van der Waals surface area contributed by atoms with Crippen LogP contribution in [0.3, 0.4) is 0 Å². The molecule has 1 aromatic rings. The molecule has 1 aromatic carbocycles. The van der Waals surface area contributed by atoms with E-state index in [1.165, 1.54) is 28.2 Å². The Morgan fingerprint density at radius 1 is 1.53 bits per heavy atom. The fourth-order valence-electron chi connectivity index (χ4n) is 2.23. The Kier molecular flexibility index (Phi) is 4.11.